The van der Waals surface area contributed by atoms with E-state index in [1.54, 1.807) is 13.8 Å². The van der Waals surface area contributed by atoms with Gasteiger partial charge in [-0.25, -0.2) is 0 Å². The summed E-state index contributed by atoms with van der Waals surface area (Å²) >= 11 is 0. The minimum Gasteiger partial charge on any atom is -0.394 e. The SMILES string of the molecule is CC(C)(CO)NC(=O)c1cn(Cc2ccccc2)c2ccccc12. The molecule has 0 aliphatic carbocycles. The van der Waals surface area contributed by atoms with E-state index in [4.69, 9.17) is 0 Å². The Bertz CT molecular complexity index is 850. The maximum atomic E-state index is 12.7. The highest BCUT2D eigenvalue weighted by molar-refractivity contribution is 6.07. The van der Waals surface area contributed by atoms with Gasteiger partial charge >= 0.3 is 0 Å². The van der Waals surface area contributed by atoms with E-state index < -0.39 is 5.54 Å². The molecular formula is C20H22N2O2. The summed E-state index contributed by atoms with van der Waals surface area (Å²) in [5, 5.41) is 13.2. The number of hydrogen-bond acceptors (Lipinski definition) is 2. The van der Waals surface area contributed by atoms with Crippen molar-refractivity contribution < 1.29 is 9.90 Å². The normalized spacial score (nSPS) is 11.6. The lowest BCUT2D eigenvalue weighted by molar-refractivity contribution is 0.0871. The fourth-order valence-electron chi connectivity index (χ4n) is 2.75. The third kappa shape index (κ3) is 3.34. The monoisotopic (exact) mass is 322 g/mol. The number of aliphatic hydroxyl groups is 1. The average Bonchev–Trinajstić information content (AvgIpc) is 2.94. The van der Waals surface area contributed by atoms with Crippen molar-refractivity contribution in [1.29, 1.82) is 0 Å². The lowest BCUT2D eigenvalue weighted by Gasteiger charge is -2.23. The van der Waals surface area contributed by atoms with Gasteiger partial charge in [0.2, 0.25) is 0 Å². The number of aliphatic hydroxyl groups excluding tert-OH is 1. The summed E-state index contributed by atoms with van der Waals surface area (Å²) in [5.41, 5.74) is 2.18. The lowest BCUT2D eigenvalue weighted by Crippen LogP contribution is -2.46. The fourth-order valence-corrected chi connectivity index (χ4v) is 2.75. The number of aromatic nitrogens is 1. The van der Waals surface area contributed by atoms with E-state index in [1.165, 1.54) is 5.56 Å². The van der Waals surface area contributed by atoms with Crippen LogP contribution in [0.4, 0.5) is 0 Å². The Labute approximate surface area is 141 Å². The molecule has 2 aromatic carbocycles. The molecule has 0 atom stereocenters. The number of hydrogen-bond donors (Lipinski definition) is 2. The van der Waals surface area contributed by atoms with Gasteiger partial charge < -0.3 is 15.0 Å². The quantitative estimate of drug-likeness (QED) is 0.758. The zero-order chi connectivity index (χ0) is 17.2. The van der Waals surface area contributed by atoms with Crippen molar-refractivity contribution in [2.24, 2.45) is 0 Å². The zero-order valence-corrected chi connectivity index (χ0v) is 14.0. The van der Waals surface area contributed by atoms with Crippen molar-refractivity contribution in [1.82, 2.24) is 9.88 Å². The molecule has 1 aromatic heterocycles. The molecule has 1 heterocycles. The molecule has 0 unspecified atom stereocenters. The number of para-hydroxylation sites is 1. The Balaban J connectivity index is 1.99. The molecule has 2 N–H and O–H groups in total. The maximum absolute atomic E-state index is 12.7. The highest BCUT2D eigenvalue weighted by Gasteiger charge is 2.22. The first kappa shape index (κ1) is 16.3. The molecule has 4 nitrogen and oxygen atoms in total. The van der Waals surface area contributed by atoms with Crippen molar-refractivity contribution in [3.8, 4) is 0 Å². The Kier molecular flexibility index (Phi) is 4.40. The molecule has 0 aliphatic heterocycles. The van der Waals surface area contributed by atoms with Gasteiger partial charge in [0.25, 0.3) is 5.91 Å². The Morgan fingerprint density at radius 3 is 2.46 bits per heavy atom. The van der Waals surface area contributed by atoms with Crippen LogP contribution in [0.5, 0.6) is 0 Å². The minimum atomic E-state index is -0.653. The minimum absolute atomic E-state index is 0.110. The predicted molar refractivity (Wildman–Crippen MR) is 96.1 cm³/mol. The second-order valence-electron chi connectivity index (χ2n) is 6.67. The molecule has 0 bridgehead atoms. The van der Waals surface area contributed by atoms with Crippen LogP contribution in [0.15, 0.2) is 60.8 Å². The van der Waals surface area contributed by atoms with Crippen molar-refractivity contribution in [2.75, 3.05) is 6.61 Å². The molecule has 1 amide bonds. The summed E-state index contributed by atoms with van der Waals surface area (Å²) in [5.74, 6) is -0.169. The molecule has 0 aliphatic rings. The topological polar surface area (TPSA) is 54.3 Å². The predicted octanol–water partition coefficient (Wildman–Crippen LogP) is 3.19. The number of amides is 1. The van der Waals surface area contributed by atoms with Crippen LogP contribution >= 0.6 is 0 Å². The van der Waals surface area contributed by atoms with Gasteiger partial charge in [-0.2, -0.15) is 0 Å². The molecule has 0 radical (unpaired) electrons. The average molecular weight is 322 g/mol. The van der Waals surface area contributed by atoms with Crippen LogP contribution in [-0.2, 0) is 6.54 Å². The molecule has 0 fully saturated rings. The van der Waals surface area contributed by atoms with E-state index >= 15 is 0 Å². The van der Waals surface area contributed by atoms with Crippen LogP contribution in [-0.4, -0.2) is 27.7 Å². The van der Waals surface area contributed by atoms with Gasteiger partial charge in [0.05, 0.1) is 17.7 Å². The van der Waals surface area contributed by atoms with E-state index in [2.05, 4.69) is 22.0 Å². The van der Waals surface area contributed by atoms with Crippen molar-refractivity contribution in [2.45, 2.75) is 25.9 Å². The molecule has 3 rings (SSSR count). The number of carbonyl (C=O) groups excluding carboxylic acids is 1. The lowest BCUT2D eigenvalue weighted by atomic mass is 10.1. The van der Waals surface area contributed by atoms with Gasteiger partial charge in [-0.3, -0.25) is 4.79 Å². The summed E-state index contributed by atoms with van der Waals surface area (Å²) < 4.78 is 2.09. The van der Waals surface area contributed by atoms with Gasteiger partial charge in [0, 0.05) is 23.6 Å². The molecule has 24 heavy (non-hydrogen) atoms. The molecule has 4 heteroatoms. The van der Waals surface area contributed by atoms with Crippen molar-refractivity contribution >= 4 is 16.8 Å². The first-order valence-corrected chi connectivity index (χ1v) is 8.05. The Morgan fingerprint density at radius 2 is 1.75 bits per heavy atom. The maximum Gasteiger partial charge on any atom is 0.253 e. The van der Waals surface area contributed by atoms with Crippen LogP contribution in [0.25, 0.3) is 10.9 Å². The molecule has 0 saturated heterocycles. The standard InChI is InChI=1S/C20H22N2O2/c1-20(2,14-23)21-19(24)17-13-22(12-15-8-4-3-5-9-15)18-11-7-6-10-16(17)18/h3-11,13,23H,12,14H2,1-2H3,(H,21,24). The van der Waals surface area contributed by atoms with Gasteiger partial charge in [-0.1, -0.05) is 48.5 Å². The first-order valence-electron chi connectivity index (χ1n) is 8.05. The van der Waals surface area contributed by atoms with Gasteiger partial charge in [-0.05, 0) is 25.5 Å². The number of rotatable bonds is 5. The second-order valence-corrected chi connectivity index (χ2v) is 6.67. The third-order valence-electron chi connectivity index (χ3n) is 4.08. The summed E-state index contributed by atoms with van der Waals surface area (Å²) in [4.78, 5) is 12.7. The van der Waals surface area contributed by atoms with E-state index in [0.29, 0.717) is 12.1 Å². The summed E-state index contributed by atoms with van der Waals surface area (Å²) in [6.45, 7) is 4.20. The van der Waals surface area contributed by atoms with E-state index in [-0.39, 0.29) is 12.5 Å². The molecule has 0 saturated carbocycles. The largest absolute Gasteiger partial charge is 0.394 e. The fraction of sp³-hybridized carbons (Fsp3) is 0.250. The van der Waals surface area contributed by atoms with Crippen molar-refractivity contribution in [3.63, 3.8) is 0 Å². The highest BCUT2D eigenvalue weighted by atomic mass is 16.3. The number of benzene rings is 2. The Hall–Kier alpha value is -2.59. The number of nitrogens with one attached hydrogen (secondary N) is 1. The number of carbonyl (C=O) groups is 1. The smallest absolute Gasteiger partial charge is 0.253 e. The highest BCUT2D eigenvalue weighted by Crippen LogP contribution is 2.23. The van der Waals surface area contributed by atoms with Crippen LogP contribution in [0.3, 0.4) is 0 Å². The Morgan fingerprint density at radius 1 is 1.08 bits per heavy atom. The van der Waals surface area contributed by atoms with E-state index in [9.17, 15) is 9.90 Å². The summed E-state index contributed by atoms with van der Waals surface area (Å²) in [6, 6.07) is 18.0. The summed E-state index contributed by atoms with van der Waals surface area (Å²) in [6.07, 6.45) is 1.89. The van der Waals surface area contributed by atoms with Gasteiger partial charge in [0.1, 0.15) is 0 Å². The first-order chi connectivity index (χ1) is 11.5. The van der Waals surface area contributed by atoms with Gasteiger partial charge in [0.15, 0.2) is 0 Å². The second kappa shape index (κ2) is 6.49. The number of nitrogens with zero attached hydrogens (tertiary/aromatic N) is 1. The third-order valence-corrected chi connectivity index (χ3v) is 4.08. The van der Waals surface area contributed by atoms with E-state index in [0.717, 1.165) is 10.9 Å². The molecule has 124 valence electrons. The zero-order valence-electron chi connectivity index (χ0n) is 14.0. The van der Waals surface area contributed by atoms with Gasteiger partial charge in [-0.15, -0.1) is 0 Å². The van der Waals surface area contributed by atoms with E-state index in [1.807, 2.05) is 48.7 Å². The van der Waals surface area contributed by atoms with Crippen LogP contribution in [0, 0.1) is 0 Å². The number of fused-ring (bicyclic) bond motifs is 1. The van der Waals surface area contributed by atoms with Crippen LogP contribution < -0.4 is 5.32 Å². The molecule has 0 spiro atoms. The molecule has 3 aromatic rings. The van der Waals surface area contributed by atoms with Crippen LogP contribution in [0.1, 0.15) is 29.8 Å². The van der Waals surface area contributed by atoms with Crippen LogP contribution in [0.2, 0.25) is 0 Å². The summed E-state index contributed by atoms with van der Waals surface area (Å²) in [7, 11) is 0. The van der Waals surface area contributed by atoms with Crippen molar-refractivity contribution in [3.05, 3.63) is 71.9 Å². The molecular weight excluding hydrogens is 300 g/mol.